The minimum absolute atomic E-state index is 0.0112. The summed E-state index contributed by atoms with van der Waals surface area (Å²) in [5.74, 6) is 1.77. The Balaban J connectivity index is 2.49. The number of nitro groups is 1. The maximum absolute atomic E-state index is 11.6. The summed E-state index contributed by atoms with van der Waals surface area (Å²) in [7, 11) is 0. The second-order valence-corrected chi connectivity index (χ2v) is 8.65. The third-order valence-electron chi connectivity index (χ3n) is 3.78. The van der Waals surface area contributed by atoms with Gasteiger partial charge in [0, 0.05) is 23.6 Å². The monoisotopic (exact) mass is 368 g/mol. The van der Waals surface area contributed by atoms with E-state index in [1.54, 1.807) is 0 Å². The highest BCUT2D eigenvalue weighted by Gasteiger charge is 2.37. The number of hydrogen-bond acceptors (Lipinski definition) is 5. The van der Waals surface area contributed by atoms with Gasteiger partial charge in [0.2, 0.25) is 0 Å². The van der Waals surface area contributed by atoms with Crippen LogP contribution in [0.2, 0.25) is 0 Å². The molecular formula is C13H18Cl2N2O2S2. The Morgan fingerprint density at radius 3 is 2.19 bits per heavy atom. The van der Waals surface area contributed by atoms with E-state index < -0.39 is 0 Å². The summed E-state index contributed by atoms with van der Waals surface area (Å²) in [6.07, 6.45) is 3.12. The van der Waals surface area contributed by atoms with Crippen LogP contribution in [0.4, 0.5) is 0 Å². The Morgan fingerprint density at radius 2 is 1.76 bits per heavy atom. The minimum Gasteiger partial charge on any atom is -0.359 e. The quantitative estimate of drug-likeness (QED) is 0.527. The first-order valence-corrected chi connectivity index (χ1v) is 9.64. The Kier molecular flexibility index (Phi) is 6.17. The van der Waals surface area contributed by atoms with Crippen LogP contribution in [-0.2, 0) is 0 Å². The molecule has 2 aliphatic heterocycles. The second kappa shape index (κ2) is 7.49. The van der Waals surface area contributed by atoms with E-state index >= 15 is 0 Å². The molecule has 0 N–H and O–H groups in total. The normalized spacial score (nSPS) is 25.9. The molecule has 2 rings (SSSR count). The number of halogens is 2. The van der Waals surface area contributed by atoms with Crippen molar-refractivity contribution < 1.29 is 4.92 Å². The van der Waals surface area contributed by atoms with Crippen LogP contribution < -0.4 is 0 Å². The molecule has 0 aromatic rings. The first-order valence-electron chi connectivity index (χ1n) is 6.91. The van der Waals surface area contributed by atoms with Gasteiger partial charge in [-0.05, 0) is 33.1 Å². The van der Waals surface area contributed by atoms with Crippen LogP contribution in [0.1, 0.15) is 33.1 Å². The van der Waals surface area contributed by atoms with Gasteiger partial charge >= 0.3 is 5.70 Å². The SMILES string of the molecule is C[C@H]1CCC[C@H](C)N1C(=C(Cl)Cl)C(=C1SCCS1)[N+](=O)[O-]. The van der Waals surface area contributed by atoms with Gasteiger partial charge in [-0.2, -0.15) is 0 Å². The average Bonchev–Trinajstić information content (AvgIpc) is 2.90. The van der Waals surface area contributed by atoms with Crippen molar-refractivity contribution in [1.82, 2.24) is 4.90 Å². The number of likely N-dealkylation sites (tertiary alicyclic amines) is 1. The predicted octanol–water partition coefficient (Wildman–Crippen LogP) is 4.82. The summed E-state index contributed by atoms with van der Waals surface area (Å²) >= 11 is 15.2. The molecule has 2 atom stereocenters. The van der Waals surface area contributed by atoms with Gasteiger partial charge in [0.1, 0.15) is 14.4 Å². The maximum atomic E-state index is 11.6. The largest absolute Gasteiger partial charge is 0.359 e. The molecule has 0 aliphatic carbocycles. The zero-order valence-electron chi connectivity index (χ0n) is 12.0. The minimum atomic E-state index is -0.338. The van der Waals surface area contributed by atoms with Gasteiger partial charge in [-0.25, -0.2) is 0 Å². The van der Waals surface area contributed by atoms with E-state index in [0.717, 1.165) is 35.0 Å². The molecule has 8 heteroatoms. The Hall–Kier alpha value is -0.0400. The molecule has 0 aromatic heterocycles. The van der Waals surface area contributed by atoms with Crippen molar-refractivity contribution in [3.63, 3.8) is 0 Å². The Bertz CT molecular complexity index is 475. The van der Waals surface area contributed by atoms with Gasteiger partial charge in [0.25, 0.3) is 0 Å². The highest BCUT2D eigenvalue weighted by molar-refractivity contribution is 8.25. The van der Waals surface area contributed by atoms with Gasteiger partial charge in [-0.1, -0.05) is 23.2 Å². The molecule has 118 valence electrons. The van der Waals surface area contributed by atoms with Crippen molar-refractivity contribution in [2.45, 2.75) is 45.2 Å². The van der Waals surface area contributed by atoms with Crippen molar-refractivity contribution in [2.24, 2.45) is 0 Å². The zero-order chi connectivity index (χ0) is 15.6. The van der Waals surface area contributed by atoms with Crippen LogP contribution in [0.15, 0.2) is 20.1 Å². The molecule has 4 nitrogen and oxygen atoms in total. The van der Waals surface area contributed by atoms with Crippen LogP contribution in [0.3, 0.4) is 0 Å². The van der Waals surface area contributed by atoms with Gasteiger partial charge in [0.05, 0.1) is 4.92 Å². The highest BCUT2D eigenvalue weighted by atomic mass is 35.5. The van der Waals surface area contributed by atoms with Gasteiger partial charge in [0.15, 0.2) is 0 Å². The fourth-order valence-corrected chi connectivity index (χ4v) is 5.74. The van der Waals surface area contributed by atoms with Gasteiger partial charge in [-0.3, -0.25) is 10.1 Å². The first-order chi connectivity index (χ1) is 9.93. The summed E-state index contributed by atoms with van der Waals surface area (Å²) in [5.41, 5.74) is 0.461. The second-order valence-electron chi connectivity index (χ2n) is 5.24. The molecule has 2 heterocycles. The van der Waals surface area contributed by atoms with Crippen LogP contribution in [0.5, 0.6) is 0 Å². The topological polar surface area (TPSA) is 46.4 Å². The number of rotatable bonds is 3. The number of hydrogen-bond donors (Lipinski definition) is 0. The summed E-state index contributed by atoms with van der Waals surface area (Å²) < 4.78 is 0.710. The molecule has 0 bridgehead atoms. The fourth-order valence-electron chi connectivity index (χ4n) is 2.88. The molecule has 0 amide bonds. The molecule has 2 fully saturated rings. The van der Waals surface area contributed by atoms with Crippen LogP contribution >= 0.6 is 46.7 Å². The molecule has 0 aromatic carbocycles. The van der Waals surface area contributed by atoms with Crippen molar-refractivity contribution in [3.05, 3.63) is 30.2 Å². The van der Waals surface area contributed by atoms with Crippen molar-refractivity contribution >= 4 is 46.7 Å². The maximum Gasteiger partial charge on any atom is 0.314 e. The Morgan fingerprint density at radius 1 is 1.24 bits per heavy atom. The third-order valence-corrected chi connectivity index (χ3v) is 6.83. The summed E-state index contributed by atoms with van der Waals surface area (Å²) in [6.45, 7) is 4.15. The lowest BCUT2D eigenvalue weighted by molar-refractivity contribution is -0.423. The Labute approximate surface area is 143 Å². The van der Waals surface area contributed by atoms with E-state index in [1.807, 2.05) is 4.90 Å². The smallest absolute Gasteiger partial charge is 0.314 e. The standard InChI is InChI=1S/C13H18Cl2N2O2S2/c1-8-4-3-5-9(2)16(8)10(12(14)15)11(17(18)19)13-20-6-7-21-13/h8-9H,3-7H2,1-2H3/t8-,9-/m0/s1. The first kappa shape index (κ1) is 17.3. The fraction of sp³-hybridized carbons (Fsp3) is 0.692. The van der Waals surface area contributed by atoms with E-state index in [9.17, 15) is 10.1 Å². The summed E-state index contributed by atoms with van der Waals surface area (Å²) in [6, 6.07) is 0.395. The van der Waals surface area contributed by atoms with Gasteiger partial charge < -0.3 is 4.90 Å². The summed E-state index contributed by atoms with van der Waals surface area (Å²) in [4.78, 5) is 13.3. The molecule has 0 radical (unpaired) electrons. The molecule has 2 saturated heterocycles. The molecule has 0 spiro atoms. The van der Waals surface area contributed by atoms with Crippen LogP contribution in [-0.4, -0.2) is 33.4 Å². The molecular weight excluding hydrogens is 351 g/mol. The number of piperidine rings is 1. The van der Waals surface area contributed by atoms with E-state index in [1.165, 1.54) is 23.5 Å². The summed E-state index contributed by atoms with van der Waals surface area (Å²) in [5, 5.41) is 11.6. The lowest BCUT2D eigenvalue weighted by atomic mass is 9.96. The molecule has 21 heavy (non-hydrogen) atoms. The van der Waals surface area contributed by atoms with Gasteiger partial charge in [-0.15, -0.1) is 23.5 Å². The number of thioether (sulfide) groups is 2. The van der Waals surface area contributed by atoms with E-state index in [4.69, 9.17) is 23.2 Å². The van der Waals surface area contributed by atoms with Crippen molar-refractivity contribution in [1.29, 1.82) is 0 Å². The molecule has 2 aliphatic rings. The van der Waals surface area contributed by atoms with Crippen LogP contribution in [0, 0.1) is 10.1 Å². The van der Waals surface area contributed by atoms with Crippen molar-refractivity contribution in [3.8, 4) is 0 Å². The average molecular weight is 369 g/mol. The zero-order valence-corrected chi connectivity index (χ0v) is 15.1. The lowest BCUT2D eigenvalue weighted by Crippen LogP contribution is -2.44. The third kappa shape index (κ3) is 3.84. The van der Waals surface area contributed by atoms with Crippen LogP contribution in [0.25, 0.3) is 0 Å². The number of nitrogens with zero attached hydrogens (tertiary/aromatic N) is 2. The van der Waals surface area contributed by atoms with E-state index in [-0.39, 0.29) is 27.2 Å². The van der Waals surface area contributed by atoms with E-state index in [2.05, 4.69) is 13.8 Å². The predicted molar refractivity (Wildman–Crippen MR) is 92.3 cm³/mol. The van der Waals surface area contributed by atoms with Crippen molar-refractivity contribution in [2.75, 3.05) is 11.5 Å². The lowest BCUT2D eigenvalue weighted by Gasteiger charge is -2.41. The molecule has 0 unspecified atom stereocenters. The van der Waals surface area contributed by atoms with E-state index in [0.29, 0.717) is 5.70 Å². The molecule has 0 saturated carbocycles. The highest BCUT2D eigenvalue weighted by Crippen LogP contribution is 2.44.